The zero-order valence-electron chi connectivity index (χ0n) is 16.9. The molecule has 1 heterocycles. The Bertz CT molecular complexity index is 1120. The van der Waals surface area contributed by atoms with Crippen LogP contribution in [-0.2, 0) is 0 Å². The van der Waals surface area contributed by atoms with Crippen molar-refractivity contribution in [1.29, 1.82) is 0 Å². The fraction of sp³-hybridized carbons (Fsp3) is 0.160. The molecule has 4 nitrogen and oxygen atoms in total. The number of aromatic nitrogens is 1. The molecule has 0 saturated heterocycles. The topological polar surface area (TPSA) is 54.1 Å². The molecule has 4 rings (SSSR count). The van der Waals surface area contributed by atoms with Crippen molar-refractivity contribution in [3.05, 3.63) is 84.4 Å². The van der Waals surface area contributed by atoms with Gasteiger partial charge in [0, 0.05) is 33.7 Å². The summed E-state index contributed by atoms with van der Waals surface area (Å²) in [4.78, 5) is 17.2. The van der Waals surface area contributed by atoms with Crippen molar-refractivity contribution >= 4 is 28.6 Å². The second-order valence-electron chi connectivity index (χ2n) is 6.80. The van der Waals surface area contributed by atoms with E-state index in [1.54, 1.807) is 23.9 Å². The molecule has 0 unspecified atom stereocenters. The van der Waals surface area contributed by atoms with E-state index >= 15 is 0 Å². The second kappa shape index (κ2) is 9.55. The van der Waals surface area contributed by atoms with Crippen molar-refractivity contribution in [3.8, 4) is 17.0 Å². The van der Waals surface area contributed by atoms with Gasteiger partial charge in [0.1, 0.15) is 5.75 Å². The third kappa shape index (κ3) is 4.52. The molecular weight excluding hydrogens is 392 g/mol. The van der Waals surface area contributed by atoms with Gasteiger partial charge in [-0.05, 0) is 42.8 Å². The maximum Gasteiger partial charge on any atom is 0.251 e. The second-order valence-corrected chi connectivity index (χ2v) is 7.91. The normalized spacial score (nSPS) is 10.8. The number of hydrogen-bond donors (Lipinski definition) is 2. The van der Waals surface area contributed by atoms with Crippen LogP contribution in [0.3, 0.4) is 0 Å². The number of carbonyl (C=O) groups is 1. The van der Waals surface area contributed by atoms with Crippen molar-refractivity contribution in [2.45, 2.75) is 11.8 Å². The lowest BCUT2D eigenvalue weighted by Gasteiger charge is -2.08. The van der Waals surface area contributed by atoms with Gasteiger partial charge < -0.3 is 15.0 Å². The number of hydrogen-bond acceptors (Lipinski definition) is 3. The summed E-state index contributed by atoms with van der Waals surface area (Å²) in [5.41, 5.74) is 4.05. The van der Waals surface area contributed by atoms with Crippen LogP contribution in [0, 0.1) is 0 Å². The van der Waals surface area contributed by atoms with Crippen LogP contribution in [0.1, 0.15) is 17.3 Å². The van der Waals surface area contributed by atoms with E-state index in [2.05, 4.69) is 40.6 Å². The molecule has 1 aromatic heterocycles. The molecule has 152 valence electrons. The molecule has 4 aromatic rings. The van der Waals surface area contributed by atoms with Gasteiger partial charge in [0.05, 0.1) is 12.3 Å². The van der Waals surface area contributed by atoms with Gasteiger partial charge in [-0.25, -0.2) is 0 Å². The minimum absolute atomic E-state index is 0.0687. The van der Waals surface area contributed by atoms with E-state index in [1.807, 2.05) is 43.3 Å². The molecule has 30 heavy (non-hydrogen) atoms. The Hall–Kier alpha value is -3.18. The summed E-state index contributed by atoms with van der Waals surface area (Å²) in [6.45, 7) is 3.14. The lowest BCUT2D eigenvalue weighted by atomic mass is 10.1. The van der Waals surface area contributed by atoms with Gasteiger partial charge in [0.2, 0.25) is 0 Å². The molecule has 2 N–H and O–H groups in total. The van der Waals surface area contributed by atoms with Gasteiger partial charge in [0.25, 0.3) is 5.91 Å². The number of para-hydroxylation sites is 1. The van der Waals surface area contributed by atoms with Crippen molar-refractivity contribution in [2.24, 2.45) is 0 Å². The van der Waals surface area contributed by atoms with Gasteiger partial charge in [-0.1, -0.05) is 48.5 Å². The van der Waals surface area contributed by atoms with Crippen LogP contribution in [0.2, 0.25) is 0 Å². The highest BCUT2D eigenvalue weighted by Crippen LogP contribution is 2.37. The van der Waals surface area contributed by atoms with E-state index in [0.717, 1.165) is 28.3 Å². The maximum atomic E-state index is 12.4. The van der Waals surface area contributed by atoms with Crippen molar-refractivity contribution in [1.82, 2.24) is 10.3 Å². The average Bonchev–Trinajstić information content (AvgIpc) is 3.16. The van der Waals surface area contributed by atoms with Crippen LogP contribution in [0.4, 0.5) is 0 Å². The summed E-state index contributed by atoms with van der Waals surface area (Å²) in [7, 11) is 0. The first kappa shape index (κ1) is 20.1. The first-order valence-electron chi connectivity index (χ1n) is 10.1. The number of ether oxygens (including phenoxy) is 1. The van der Waals surface area contributed by atoms with E-state index in [9.17, 15) is 4.79 Å². The summed E-state index contributed by atoms with van der Waals surface area (Å²) in [6, 6.07) is 25.9. The summed E-state index contributed by atoms with van der Waals surface area (Å²) in [6.07, 6.45) is 0. The fourth-order valence-electron chi connectivity index (χ4n) is 3.36. The summed E-state index contributed by atoms with van der Waals surface area (Å²) < 4.78 is 5.43. The lowest BCUT2D eigenvalue weighted by Crippen LogP contribution is -2.25. The zero-order valence-corrected chi connectivity index (χ0v) is 17.7. The average molecular weight is 417 g/mol. The number of carbonyl (C=O) groups excluding carboxylic acids is 1. The van der Waals surface area contributed by atoms with E-state index < -0.39 is 0 Å². The van der Waals surface area contributed by atoms with Crippen LogP contribution in [0.25, 0.3) is 22.2 Å². The zero-order chi connectivity index (χ0) is 20.8. The van der Waals surface area contributed by atoms with E-state index in [1.165, 1.54) is 10.3 Å². The van der Waals surface area contributed by atoms with Crippen LogP contribution in [0.5, 0.6) is 5.75 Å². The predicted octanol–water partition coefficient (Wildman–Crippen LogP) is 5.76. The van der Waals surface area contributed by atoms with Crippen LogP contribution in [0.15, 0.2) is 83.8 Å². The Morgan fingerprint density at radius 3 is 2.47 bits per heavy atom. The largest absolute Gasteiger partial charge is 0.494 e. The third-order valence-corrected chi connectivity index (χ3v) is 5.90. The monoisotopic (exact) mass is 416 g/mol. The number of nitrogens with one attached hydrogen (secondary N) is 2. The Kier molecular flexibility index (Phi) is 6.40. The predicted molar refractivity (Wildman–Crippen MR) is 124 cm³/mol. The van der Waals surface area contributed by atoms with Crippen LogP contribution >= 0.6 is 11.8 Å². The lowest BCUT2D eigenvalue weighted by molar-refractivity contribution is 0.0956. The first-order chi connectivity index (χ1) is 14.8. The van der Waals surface area contributed by atoms with Crippen LogP contribution in [-0.4, -0.2) is 29.8 Å². The number of thioether (sulfide) groups is 1. The summed E-state index contributed by atoms with van der Waals surface area (Å²) >= 11 is 1.76. The van der Waals surface area contributed by atoms with Crippen LogP contribution < -0.4 is 10.1 Å². The Labute approximate surface area is 180 Å². The Balaban J connectivity index is 1.42. The number of fused-ring (bicyclic) bond motifs is 1. The molecule has 0 radical (unpaired) electrons. The van der Waals surface area contributed by atoms with Gasteiger partial charge in [-0.2, -0.15) is 0 Å². The quantitative estimate of drug-likeness (QED) is 0.284. The molecular formula is C25H24N2O2S. The van der Waals surface area contributed by atoms with Gasteiger partial charge in [0.15, 0.2) is 0 Å². The maximum absolute atomic E-state index is 12.4. The first-order valence-corrected chi connectivity index (χ1v) is 11.0. The number of amides is 1. The van der Waals surface area contributed by atoms with Gasteiger partial charge >= 0.3 is 0 Å². The number of aromatic amines is 1. The minimum atomic E-state index is -0.0687. The third-order valence-electron chi connectivity index (χ3n) is 4.78. The van der Waals surface area contributed by atoms with Crippen molar-refractivity contribution < 1.29 is 9.53 Å². The molecule has 3 aromatic carbocycles. The van der Waals surface area contributed by atoms with E-state index in [4.69, 9.17) is 4.74 Å². The van der Waals surface area contributed by atoms with Gasteiger partial charge in [-0.3, -0.25) is 4.79 Å². The van der Waals surface area contributed by atoms with E-state index in [0.29, 0.717) is 18.7 Å². The molecule has 0 bridgehead atoms. The molecule has 0 aliphatic heterocycles. The van der Waals surface area contributed by atoms with Gasteiger partial charge in [-0.15, -0.1) is 11.8 Å². The fourth-order valence-corrected chi connectivity index (χ4v) is 4.42. The molecule has 0 saturated carbocycles. The summed E-state index contributed by atoms with van der Waals surface area (Å²) in [5.74, 6) is 1.49. The molecule has 0 spiro atoms. The van der Waals surface area contributed by atoms with Crippen molar-refractivity contribution in [3.63, 3.8) is 0 Å². The standard InChI is InChI=1S/C25H24N2O2S/c1-2-29-20-14-12-19(13-15-20)25(28)26-16-17-30-24-21-10-6-7-11-22(21)27-23(24)18-8-4-3-5-9-18/h3-15,27H,2,16-17H2,1H3,(H,26,28). The Morgan fingerprint density at radius 2 is 1.70 bits per heavy atom. The SMILES string of the molecule is CCOc1ccc(C(=O)NCCSc2c(-c3ccccc3)[nH]c3ccccc23)cc1. The number of H-pyrrole nitrogens is 1. The molecule has 0 aliphatic carbocycles. The smallest absolute Gasteiger partial charge is 0.251 e. The Morgan fingerprint density at radius 1 is 0.967 bits per heavy atom. The number of benzene rings is 3. The molecule has 0 aliphatic rings. The summed E-state index contributed by atoms with van der Waals surface area (Å²) in [5, 5.41) is 4.22. The highest BCUT2D eigenvalue weighted by Gasteiger charge is 2.13. The minimum Gasteiger partial charge on any atom is -0.494 e. The molecule has 0 fully saturated rings. The molecule has 1 amide bonds. The van der Waals surface area contributed by atoms with Crippen molar-refractivity contribution in [2.75, 3.05) is 18.9 Å². The molecule has 5 heteroatoms. The number of rotatable bonds is 8. The molecule has 0 atom stereocenters. The highest BCUT2D eigenvalue weighted by molar-refractivity contribution is 7.99. The highest BCUT2D eigenvalue weighted by atomic mass is 32.2. The van der Waals surface area contributed by atoms with E-state index in [-0.39, 0.29) is 5.91 Å².